The Morgan fingerprint density at radius 1 is 1.04 bits per heavy atom. The van der Waals surface area contributed by atoms with E-state index < -0.39 is 17.8 Å². The van der Waals surface area contributed by atoms with Crippen LogP contribution in [-0.4, -0.2) is 27.1 Å². The van der Waals surface area contributed by atoms with Crippen molar-refractivity contribution in [3.63, 3.8) is 0 Å². The molecule has 0 spiro atoms. The molecule has 3 aromatic rings. The van der Waals surface area contributed by atoms with Crippen molar-refractivity contribution in [1.29, 1.82) is 0 Å². The molecule has 0 bridgehead atoms. The molecule has 0 atom stereocenters. The molecule has 2 heterocycles. The topological polar surface area (TPSA) is 71.8 Å². The van der Waals surface area contributed by atoms with Gasteiger partial charge in [-0.25, -0.2) is 9.78 Å². The molecule has 0 aliphatic heterocycles. The van der Waals surface area contributed by atoms with Gasteiger partial charge in [0.25, 0.3) is 0 Å². The Bertz CT molecular complexity index is 891. The Kier molecular flexibility index (Phi) is 5.39. The zero-order valence-electron chi connectivity index (χ0n) is 14.1. The number of halogens is 3. The minimum Gasteiger partial charge on any atom is -0.336 e. The molecule has 0 fully saturated rings. The molecule has 6 nitrogen and oxygen atoms in total. The lowest BCUT2D eigenvalue weighted by molar-refractivity contribution is -0.137. The van der Waals surface area contributed by atoms with Crippen LogP contribution >= 0.6 is 0 Å². The van der Waals surface area contributed by atoms with E-state index in [4.69, 9.17) is 0 Å². The van der Waals surface area contributed by atoms with Crippen molar-refractivity contribution in [2.75, 3.05) is 11.9 Å². The summed E-state index contributed by atoms with van der Waals surface area (Å²) < 4.78 is 39.4. The van der Waals surface area contributed by atoms with Gasteiger partial charge in [-0.2, -0.15) is 13.2 Å². The number of rotatable bonds is 5. The van der Waals surface area contributed by atoms with E-state index in [1.54, 1.807) is 18.6 Å². The molecule has 3 rings (SSSR count). The van der Waals surface area contributed by atoms with Crippen molar-refractivity contribution in [3.8, 4) is 11.5 Å². The van der Waals surface area contributed by atoms with Gasteiger partial charge >= 0.3 is 12.2 Å². The fourth-order valence-electron chi connectivity index (χ4n) is 2.43. The molecule has 2 aromatic heterocycles. The summed E-state index contributed by atoms with van der Waals surface area (Å²) in [5.41, 5.74) is 0.227. The molecular formula is C18H16F3N5O. The van der Waals surface area contributed by atoms with Gasteiger partial charge in [-0.3, -0.25) is 4.98 Å². The molecule has 1 aromatic carbocycles. The number of urea groups is 1. The maximum atomic E-state index is 12.5. The van der Waals surface area contributed by atoms with E-state index in [0.717, 1.165) is 17.8 Å². The molecule has 2 N–H and O–H groups in total. The quantitative estimate of drug-likeness (QED) is 0.713. The number of hydrogen-bond donors (Lipinski definition) is 2. The number of anilines is 1. The van der Waals surface area contributed by atoms with Crippen LogP contribution in [0.2, 0.25) is 0 Å². The first-order valence-corrected chi connectivity index (χ1v) is 8.08. The molecule has 0 aliphatic carbocycles. The summed E-state index contributed by atoms with van der Waals surface area (Å²) in [6.07, 6.45) is 0.687. The van der Waals surface area contributed by atoms with E-state index in [0.29, 0.717) is 18.9 Å². The SMILES string of the molecule is O=C(NCCn1ccnc1-c1ccccn1)Nc1ccc(C(F)(F)F)cc1. The minimum absolute atomic E-state index is 0.275. The molecule has 140 valence electrons. The zero-order valence-corrected chi connectivity index (χ0v) is 14.1. The molecule has 9 heteroatoms. The highest BCUT2D eigenvalue weighted by atomic mass is 19.4. The number of hydrogen-bond acceptors (Lipinski definition) is 3. The minimum atomic E-state index is -4.41. The van der Waals surface area contributed by atoms with Crippen LogP contribution < -0.4 is 10.6 Å². The molecule has 0 unspecified atom stereocenters. The van der Waals surface area contributed by atoms with E-state index in [1.165, 1.54) is 12.1 Å². The van der Waals surface area contributed by atoms with E-state index in [2.05, 4.69) is 20.6 Å². The third-order valence-electron chi connectivity index (χ3n) is 3.72. The van der Waals surface area contributed by atoms with Crippen LogP contribution in [0, 0.1) is 0 Å². The number of carbonyl (C=O) groups is 1. The maximum Gasteiger partial charge on any atom is 0.416 e. The summed E-state index contributed by atoms with van der Waals surface area (Å²) in [5.74, 6) is 0.681. The maximum absolute atomic E-state index is 12.5. The first kappa shape index (κ1) is 18.4. The van der Waals surface area contributed by atoms with Gasteiger partial charge in [0.1, 0.15) is 5.69 Å². The first-order valence-electron chi connectivity index (χ1n) is 8.08. The third kappa shape index (κ3) is 4.84. The van der Waals surface area contributed by atoms with Gasteiger partial charge in [-0.15, -0.1) is 0 Å². The number of pyridine rings is 1. The standard InChI is InChI=1S/C18H16F3N5O/c19-18(20,21)13-4-6-14(7-5-13)25-17(27)24-10-12-26-11-9-23-16(26)15-3-1-2-8-22-15/h1-9,11H,10,12H2,(H2,24,25,27). The molecular weight excluding hydrogens is 359 g/mol. The second-order valence-electron chi connectivity index (χ2n) is 5.62. The number of amides is 2. The predicted molar refractivity (Wildman–Crippen MR) is 93.9 cm³/mol. The number of nitrogens with zero attached hydrogens (tertiary/aromatic N) is 3. The van der Waals surface area contributed by atoms with Crippen molar-refractivity contribution in [2.45, 2.75) is 12.7 Å². The molecule has 27 heavy (non-hydrogen) atoms. The lowest BCUT2D eigenvalue weighted by Crippen LogP contribution is -2.31. The van der Waals surface area contributed by atoms with Gasteiger partial charge in [-0.05, 0) is 36.4 Å². The molecule has 0 saturated heterocycles. The monoisotopic (exact) mass is 375 g/mol. The highest BCUT2D eigenvalue weighted by molar-refractivity contribution is 5.89. The second kappa shape index (κ2) is 7.90. The normalized spacial score (nSPS) is 11.2. The number of aromatic nitrogens is 3. The third-order valence-corrected chi connectivity index (χ3v) is 3.72. The van der Waals surface area contributed by atoms with Crippen LogP contribution in [0.25, 0.3) is 11.5 Å². The van der Waals surface area contributed by atoms with E-state index in [9.17, 15) is 18.0 Å². The summed E-state index contributed by atoms with van der Waals surface area (Å²) in [6.45, 7) is 0.773. The lowest BCUT2D eigenvalue weighted by Gasteiger charge is -2.11. The van der Waals surface area contributed by atoms with Crippen molar-refractivity contribution in [3.05, 3.63) is 66.6 Å². The summed E-state index contributed by atoms with van der Waals surface area (Å²) in [6, 6.07) is 9.24. The lowest BCUT2D eigenvalue weighted by atomic mass is 10.2. The average molecular weight is 375 g/mol. The number of imidazole rings is 1. The number of carbonyl (C=O) groups excluding carboxylic acids is 1. The van der Waals surface area contributed by atoms with Crippen LogP contribution in [-0.2, 0) is 12.7 Å². The summed E-state index contributed by atoms with van der Waals surface area (Å²) in [7, 11) is 0. The van der Waals surface area contributed by atoms with Gasteiger partial charge in [0.05, 0.1) is 5.56 Å². The highest BCUT2D eigenvalue weighted by Gasteiger charge is 2.29. The van der Waals surface area contributed by atoms with Crippen molar-refractivity contribution >= 4 is 11.7 Å². The fraction of sp³-hybridized carbons (Fsp3) is 0.167. The van der Waals surface area contributed by atoms with Gasteiger partial charge in [0.15, 0.2) is 5.82 Å². The fourth-order valence-corrected chi connectivity index (χ4v) is 2.43. The van der Waals surface area contributed by atoms with Crippen LogP contribution in [0.4, 0.5) is 23.7 Å². The molecule has 2 amide bonds. The van der Waals surface area contributed by atoms with Crippen LogP contribution in [0.15, 0.2) is 61.1 Å². The van der Waals surface area contributed by atoms with E-state index in [1.807, 2.05) is 22.8 Å². The van der Waals surface area contributed by atoms with Gasteiger partial charge in [0.2, 0.25) is 0 Å². The Balaban J connectivity index is 1.51. The van der Waals surface area contributed by atoms with Crippen LogP contribution in [0.5, 0.6) is 0 Å². The predicted octanol–water partition coefficient (Wildman–Crippen LogP) is 3.79. The van der Waals surface area contributed by atoms with Crippen molar-refractivity contribution in [2.24, 2.45) is 0 Å². The van der Waals surface area contributed by atoms with Crippen LogP contribution in [0.3, 0.4) is 0 Å². The van der Waals surface area contributed by atoms with Gasteiger partial charge in [0, 0.05) is 37.4 Å². The Hall–Kier alpha value is -3.36. The largest absolute Gasteiger partial charge is 0.416 e. The van der Waals surface area contributed by atoms with Crippen molar-refractivity contribution in [1.82, 2.24) is 19.9 Å². The summed E-state index contributed by atoms with van der Waals surface area (Å²) in [4.78, 5) is 20.4. The Morgan fingerprint density at radius 2 is 1.81 bits per heavy atom. The number of alkyl halides is 3. The van der Waals surface area contributed by atoms with E-state index in [-0.39, 0.29) is 5.69 Å². The molecule has 0 saturated carbocycles. The summed E-state index contributed by atoms with van der Waals surface area (Å²) in [5, 5.41) is 5.14. The van der Waals surface area contributed by atoms with Gasteiger partial charge in [-0.1, -0.05) is 6.07 Å². The Labute approximate surface area is 153 Å². The smallest absolute Gasteiger partial charge is 0.336 e. The number of benzene rings is 1. The molecule has 0 radical (unpaired) electrons. The average Bonchev–Trinajstić information content (AvgIpc) is 3.11. The first-order chi connectivity index (χ1) is 12.9. The number of nitrogens with one attached hydrogen (secondary N) is 2. The Morgan fingerprint density at radius 3 is 2.48 bits per heavy atom. The zero-order chi connectivity index (χ0) is 19.3. The van der Waals surface area contributed by atoms with E-state index >= 15 is 0 Å². The molecule has 0 aliphatic rings. The second-order valence-corrected chi connectivity index (χ2v) is 5.62. The summed E-state index contributed by atoms with van der Waals surface area (Å²) >= 11 is 0. The van der Waals surface area contributed by atoms with Crippen molar-refractivity contribution < 1.29 is 18.0 Å². The van der Waals surface area contributed by atoms with Crippen LogP contribution in [0.1, 0.15) is 5.56 Å². The van der Waals surface area contributed by atoms with Gasteiger partial charge < -0.3 is 15.2 Å². The highest BCUT2D eigenvalue weighted by Crippen LogP contribution is 2.29.